The van der Waals surface area contributed by atoms with Gasteiger partial charge in [-0.05, 0) is 36.7 Å². The summed E-state index contributed by atoms with van der Waals surface area (Å²) in [5.74, 6) is 1.47. The quantitative estimate of drug-likeness (QED) is 0.353. The Hall–Kier alpha value is -1.49. The van der Waals surface area contributed by atoms with E-state index in [1.54, 1.807) is 19.4 Å². The summed E-state index contributed by atoms with van der Waals surface area (Å²) in [4.78, 5) is 4.06. The molecule has 0 radical (unpaired) electrons. The molecule has 0 fully saturated rings. The molecule has 0 spiro atoms. The number of unbranched alkanes of at least 4 members (excludes halogenated alkanes) is 4. The fourth-order valence-corrected chi connectivity index (χ4v) is 2.79. The lowest BCUT2D eigenvalue weighted by molar-refractivity contribution is 0.284. The van der Waals surface area contributed by atoms with Gasteiger partial charge in [0.25, 0.3) is 0 Å². The average molecular weight is 413 g/mol. The standard InChI is InChI=1S/C21H29ClN2O2.ClH/c1-3-4-5-6-7-12-23-14-17-8-10-19(20(13-17)25-2)26-16-18-9-11-21(22)24-15-18;/h8-11,13,15,23H,3-7,12,14,16H2,1-2H3;1H. The van der Waals surface area contributed by atoms with Crippen molar-refractivity contribution in [2.24, 2.45) is 0 Å². The molecule has 0 aliphatic rings. The summed E-state index contributed by atoms with van der Waals surface area (Å²) < 4.78 is 11.3. The van der Waals surface area contributed by atoms with Crippen LogP contribution < -0.4 is 14.8 Å². The maximum absolute atomic E-state index is 5.86. The molecule has 1 aromatic heterocycles. The van der Waals surface area contributed by atoms with Crippen molar-refractivity contribution in [1.29, 1.82) is 0 Å². The average Bonchev–Trinajstić information content (AvgIpc) is 2.67. The van der Waals surface area contributed by atoms with E-state index >= 15 is 0 Å². The number of methoxy groups -OCH3 is 1. The first-order valence-corrected chi connectivity index (χ1v) is 9.71. The normalized spacial score (nSPS) is 10.3. The van der Waals surface area contributed by atoms with E-state index in [4.69, 9.17) is 21.1 Å². The minimum absolute atomic E-state index is 0. The van der Waals surface area contributed by atoms with E-state index < -0.39 is 0 Å². The van der Waals surface area contributed by atoms with E-state index in [1.807, 2.05) is 18.2 Å². The summed E-state index contributed by atoms with van der Waals surface area (Å²) in [5.41, 5.74) is 2.15. The van der Waals surface area contributed by atoms with E-state index in [1.165, 1.54) is 37.7 Å². The molecule has 4 nitrogen and oxygen atoms in total. The molecule has 1 aromatic carbocycles. The highest BCUT2D eigenvalue weighted by Crippen LogP contribution is 2.28. The summed E-state index contributed by atoms with van der Waals surface area (Å²) in [6.45, 7) is 4.56. The molecular weight excluding hydrogens is 383 g/mol. The van der Waals surface area contributed by atoms with Gasteiger partial charge in [-0.1, -0.05) is 56.3 Å². The van der Waals surface area contributed by atoms with Crippen LogP contribution in [0.25, 0.3) is 0 Å². The van der Waals surface area contributed by atoms with Crippen LogP contribution in [-0.2, 0) is 13.2 Å². The lowest BCUT2D eigenvalue weighted by Crippen LogP contribution is -2.14. The van der Waals surface area contributed by atoms with Gasteiger partial charge in [-0.3, -0.25) is 0 Å². The second-order valence-electron chi connectivity index (χ2n) is 6.35. The van der Waals surface area contributed by atoms with Gasteiger partial charge in [-0.2, -0.15) is 0 Å². The molecule has 0 amide bonds. The predicted molar refractivity (Wildman–Crippen MR) is 114 cm³/mol. The molecule has 0 aliphatic heterocycles. The van der Waals surface area contributed by atoms with Crippen LogP contribution in [0.2, 0.25) is 5.15 Å². The topological polar surface area (TPSA) is 43.4 Å². The van der Waals surface area contributed by atoms with Gasteiger partial charge >= 0.3 is 0 Å². The Balaban J connectivity index is 0.00000364. The molecular formula is C21H30Cl2N2O2. The Labute approximate surface area is 174 Å². The molecule has 0 atom stereocenters. The lowest BCUT2D eigenvalue weighted by atomic mass is 10.1. The first-order valence-electron chi connectivity index (χ1n) is 9.33. The number of hydrogen-bond donors (Lipinski definition) is 1. The van der Waals surface area contributed by atoms with E-state index in [9.17, 15) is 0 Å². The maximum Gasteiger partial charge on any atom is 0.161 e. The van der Waals surface area contributed by atoms with E-state index in [0.717, 1.165) is 30.2 Å². The number of nitrogens with one attached hydrogen (secondary N) is 1. The van der Waals surface area contributed by atoms with Crippen molar-refractivity contribution in [3.8, 4) is 11.5 Å². The van der Waals surface area contributed by atoms with Crippen LogP contribution in [0, 0.1) is 0 Å². The number of benzene rings is 1. The van der Waals surface area contributed by atoms with Crippen molar-refractivity contribution in [3.63, 3.8) is 0 Å². The van der Waals surface area contributed by atoms with Gasteiger partial charge in [-0.15, -0.1) is 12.4 Å². The fourth-order valence-electron chi connectivity index (χ4n) is 2.68. The highest BCUT2D eigenvalue weighted by atomic mass is 35.5. The molecule has 2 aromatic rings. The SMILES string of the molecule is CCCCCCCNCc1ccc(OCc2ccc(Cl)nc2)c(OC)c1.Cl. The van der Waals surface area contributed by atoms with Gasteiger partial charge in [0.2, 0.25) is 0 Å². The summed E-state index contributed by atoms with van der Waals surface area (Å²) in [6.07, 6.45) is 8.21. The summed E-state index contributed by atoms with van der Waals surface area (Å²) in [6, 6.07) is 9.72. The largest absolute Gasteiger partial charge is 0.493 e. The highest BCUT2D eigenvalue weighted by Gasteiger charge is 2.06. The first-order chi connectivity index (χ1) is 12.7. The molecule has 0 unspecified atom stereocenters. The zero-order valence-corrected chi connectivity index (χ0v) is 17.7. The number of hydrogen-bond acceptors (Lipinski definition) is 4. The molecule has 2 rings (SSSR count). The monoisotopic (exact) mass is 412 g/mol. The molecule has 1 heterocycles. The second-order valence-corrected chi connectivity index (χ2v) is 6.74. The van der Waals surface area contributed by atoms with Crippen molar-refractivity contribution in [2.75, 3.05) is 13.7 Å². The van der Waals surface area contributed by atoms with Gasteiger partial charge in [0.1, 0.15) is 11.8 Å². The van der Waals surface area contributed by atoms with Crippen molar-refractivity contribution >= 4 is 24.0 Å². The van der Waals surface area contributed by atoms with Crippen molar-refractivity contribution in [2.45, 2.75) is 52.2 Å². The minimum Gasteiger partial charge on any atom is -0.493 e. The third-order valence-corrected chi connectivity index (χ3v) is 4.42. The molecule has 1 N–H and O–H groups in total. The smallest absolute Gasteiger partial charge is 0.161 e. The zero-order valence-electron chi connectivity index (χ0n) is 16.2. The van der Waals surface area contributed by atoms with Crippen LogP contribution >= 0.6 is 24.0 Å². The molecule has 0 aliphatic carbocycles. The van der Waals surface area contributed by atoms with Crippen LogP contribution in [0.3, 0.4) is 0 Å². The number of halogens is 2. The summed E-state index contributed by atoms with van der Waals surface area (Å²) >= 11 is 5.80. The zero-order chi connectivity index (χ0) is 18.6. The van der Waals surface area contributed by atoms with Gasteiger partial charge in [0.15, 0.2) is 11.5 Å². The van der Waals surface area contributed by atoms with E-state index in [2.05, 4.69) is 23.3 Å². The Morgan fingerprint density at radius 3 is 2.48 bits per heavy atom. The predicted octanol–water partition coefficient (Wildman–Crippen LogP) is 5.80. The Morgan fingerprint density at radius 1 is 1.00 bits per heavy atom. The van der Waals surface area contributed by atoms with Crippen molar-refractivity contribution in [3.05, 3.63) is 52.8 Å². The molecule has 0 saturated carbocycles. The van der Waals surface area contributed by atoms with Crippen LogP contribution in [0.5, 0.6) is 11.5 Å². The van der Waals surface area contributed by atoms with Gasteiger partial charge < -0.3 is 14.8 Å². The van der Waals surface area contributed by atoms with Crippen molar-refractivity contribution < 1.29 is 9.47 Å². The molecule has 150 valence electrons. The first kappa shape index (κ1) is 23.5. The lowest BCUT2D eigenvalue weighted by Gasteiger charge is -2.13. The Kier molecular flexibility index (Phi) is 11.9. The van der Waals surface area contributed by atoms with Gasteiger partial charge in [0.05, 0.1) is 7.11 Å². The number of rotatable bonds is 12. The van der Waals surface area contributed by atoms with Crippen LogP contribution in [0.4, 0.5) is 0 Å². The van der Waals surface area contributed by atoms with E-state index in [0.29, 0.717) is 11.8 Å². The third-order valence-electron chi connectivity index (χ3n) is 4.20. The number of ether oxygens (including phenoxy) is 2. The Morgan fingerprint density at radius 2 is 1.78 bits per heavy atom. The molecule has 0 saturated heterocycles. The Bertz CT molecular complexity index is 651. The molecule has 6 heteroatoms. The van der Waals surface area contributed by atoms with Crippen LogP contribution in [0.15, 0.2) is 36.5 Å². The highest BCUT2D eigenvalue weighted by molar-refractivity contribution is 6.29. The minimum atomic E-state index is 0. The molecule has 0 bridgehead atoms. The van der Waals surface area contributed by atoms with Gasteiger partial charge in [-0.25, -0.2) is 4.98 Å². The van der Waals surface area contributed by atoms with E-state index in [-0.39, 0.29) is 12.4 Å². The van der Waals surface area contributed by atoms with Crippen LogP contribution in [0.1, 0.15) is 50.2 Å². The van der Waals surface area contributed by atoms with Crippen molar-refractivity contribution in [1.82, 2.24) is 10.3 Å². The third kappa shape index (κ3) is 8.83. The van der Waals surface area contributed by atoms with Crippen LogP contribution in [-0.4, -0.2) is 18.6 Å². The number of nitrogens with zero attached hydrogens (tertiary/aromatic N) is 1. The second kappa shape index (κ2) is 13.6. The maximum atomic E-state index is 5.86. The fraction of sp³-hybridized carbons (Fsp3) is 0.476. The van der Waals surface area contributed by atoms with Gasteiger partial charge in [0, 0.05) is 18.3 Å². The summed E-state index contributed by atoms with van der Waals surface area (Å²) in [5, 5.41) is 3.98. The number of aromatic nitrogens is 1. The molecule has 27 heavy (non-hydrogen) atoms. The summed E-state index contributed by atoms with van der Waals surface area (Å²) in [7, 11) is 1.66. The number of pyridine rings is 1.